The zero-order valence-corrected chi connectivity index (χ0v) is 24.9. The lowest BCUT2D eigenvalue weighted by molar-refractivity contribution is -0.167. The van der Waals surface area contributed by atoms with E-state index in [4.69, 9.17) is 14.5 Å². The monoisotopic (exact) mass is 565 g/mol. The molecule has 0 saturated carbocycles. The topological polar surface area (TPSA) is 122 Å². The number of rotatable bonds is 3. The highest BCUT2D eigenvalue weighted by molar-refractivity contribution is 5.87. The second kappa shape index (κ2) is 13.1. The number of nitrogens with one attached hydrogen (secondary N) is 3. The van der Waals surface area contributed by atoms with Crippen molar-refractivity contribution in [2.45, 2.75) is 71.7 Å². The van der Waals surface area contributed by atoms with E-state index in [2.05, 4.69) is 16.1 Å². The lowest BCUT2D eigenvalue weighted by Crippen LogP contribution is -2.58. The van der Waals surface area contributed by atoms with Crippen LogP contribution < -0.4 is 16.1 Å². The summed E-state index contributed by atoms with van der Waals surface area (Å²) in [7, 11) is 1.53. The summed E-state index contributed by atoms with van der Waals surface area (Å²) in [6.45, 7) is 10.6. The number of aromatic nitrogens is 1. The normalized spacial score (nSPS) is 30.9. The molecule has 2 amide bonds. The molecule has 2 aromatic rings. The van der Waals surface area contributed by atoms with E-state index in [0.717, 1.165) is 35.1 Å². The number of ether oxygens (including phenoxy) is 2. The molecular formula is C31H43N5O5. The van der Waals surface area contributed by atoms with Gasteiger partial charge in [0.25, 0.3) is 5.91 Å². The van der Waals surface area contributed by atoms with Crippen LogP contribution in [-0.2, 0) is 23.9 Å². The second-order valence-electron chi connectivity index (χ2n) is 11.9. The number of hydrazine groups is 1. The Labute approximate surface area is 242 Å². The summed E-state index contributed by atoms with van der Waals surface area (Å²) in [4.78, 5) is 44.8. The number of esters is 1. The van der Waals surface area contributed by atoms with Crippen molar-refractivity contribution in [3.8, 4) is 0 Å². The molecule has 3 N–H and O–H groups in total. The highest BCUT2D eigenvalue weighted by atomic mass is 16.6. The van der Waals surface area contributed by atoms with Gasteiger partial charge in [-0.25, -0.2) is 10.4 Å². The van der Waals surface area contributed by atoms with Crippen LogP contribution in [0.25, 0.3) is 17.0 Å². The third kappa shape index (κ3) is 7.49. The van der Waals surface area contributed by atoms with E-state index in [1.807, 2.05) is 69.1 Å². The van der Waals surface area contributed by atoms with Gasteiger partial charge in [0.1, 0.15) is 11.5 Å². The summed E-state index contributed by atoms with van der Waals surface area (Å²) in [5.74, 6) is -1.23. The molecule has 0 aliphatic carbocycles. The van der Waals surface area contributed by atoms with Gasteiger partial charge >= 0.3 is 5.97 Å². The fourth-order valence-corrected chi connectivity index (χ4v) is 5.25. The summed E-state index contributed by atoms with van der Waals surface area (Å²) >= 11 is 0. The maximum Gasteiger partial charge on any atom is 0.318 e. The Bertz CT molecular complexity index is 1300. The van der Waals surface area contributed by atoms with Crippen molar-refractivity contribution >= 4 is 34.8 Å². The van der Waals surface area contributed by atoms with Crippen LogP contribution in [0.15, 0.2) is 36.4 Å². The number of cyclic esters (lactones) is 1. The summed E-state index contributed by atoms with van der Waals surface area (Å²) in [5.41, 5.74) is 4.58. The van der Waals surface area contributed by atoms with Crippen LogP contribution in [0.1, 0.15) is 64.8 Å². The Kier molecular flexibility index (Phi) is 9.78. The van der Waals surface area contributed by atoms with Crippen molar-refractivity contribution in [3.63, 3.8) is 0 Å². The van der Waals surface area contributed by atoms with Gasteiger partial charge in [-0.2, -0.15) is 0 Å². The average Bonchev–Trinajstić information content (AvgIpc) is 2.93. The van der Waals surface area contributed by atoms with Crippen molar-refractivity contribution in [2.24, 2.45) is 11.3 Å². The number of benzene rings is 1. The Morgan fingerprint density at radius 3 is 2.61 bits per heavy atom. The maximum absolute atomic E-state index is 13.5. The predicted octanol–water partition coefficient (Wildman–Crippen LogP) is 3.13. The van der Waals surface area contributed by atoms with Gasteiger partial charge in [-0.3, -0.25) is 19.4 Å². The van der Waals surface area contributed by atoms with E-state index in [-0.39, 0.29) is 42.5 Å². The standard InChI is InChI=1S/C31H43N5O5/c1-19(2)27-29(38)32-20(3)17-36-15-7-8-25(35-36)28(37)33-21(4)24-12-11-23-10-9-22(16-26(23)34-24)13-14-31(5,18-40-6)30(39)41-27/h9-14,16,19-21,25,27,35H,7-8,15,17-18H2,1-6H3,(H,32,38)(H,33,37)/b14-13+/t20-,21+,25-,27-,31+/m0/s1. The smallest absolute Gasteiger partial charge is 0.318 e. The quantitative estimate of drug-likeness (QED) is 0.486. The lowest BCUT2D eigenvalue weighted by Gasteiger charge is -2.35. The fourth-order valence-electron chi connectivity index (χ4n) is 5.25. The Morgan fingerprint density at radius 1 is 1.12 bits per heavy atom. The molecule has 0 radical (unpaired) electrons. The maximum atomic E-state index is 13.5. The van der Waals surface area contributed by atoms with E-state index >= 15 is 0 Å². The number of amides is 2. The van der Waals surface area contributed by atoms with Gasteiger partial charge < -0.3 is 20.1 Å². The first kappa shape index (κ1) is 30.6. The van der Waals surface area contributed by atoms with Crippen LogP contribution in [0.2, 0.25) is 0 Å². The number of methoxy groups -OCH3 is 1. The minimum absolute atomic E-state index is 0.0835. The highest BCUT2D eigenvalue weighted by Crippen LogP contribution is 2.26. The van der Waals surface area contributed by atoms with E-state index in [1.54, 1.807) is 13.0 Å². The molecule has 0 spiro atoms. The molecule has 1 aromatic carbocycles. The molecule has 3 heterocycles. The van der Waals surface area contributed by atoms with Gasteiger partial charge in [-0.1, -0.05) is 44.2 Å². The van der Waals surface area contributed by atoms with Crippen LogP contribution in [0.3, 0.4) is 0 Å². The largest absolute Gasteiger partial charge is 0.451 e. The predicted molar refractivity (Wildman–Crippen MR) is 157 cm³/mol. The molecule has 2 aliphatic rings. The van der Waals surface area contributed by atoms with Crippen molar-refractivity contribution in [1.82, 2.24) is 26.1 Å². The van der Waals surface area contributed by atoms with Crippen molar-refractivity contribution < 1.29 is 23.9 Å². The van der Waals surface area contributed by atoms with Crippen LogP contribution in [-0.4, -0.2) is 72.8 Å². The van der Waals surface area contributed by atoms with Gasteiger partial charge in [0.15, 0.2) is 6.10 Å². The van der Waals surface area contributed by atoms with Gasteiger partial charge in [-0.05, 0) is 57.2 Å². The minimum Gasteiger partial charge on any atom is -0.451 e. The number of pyridine rings is 1. The molecule has 222 valence electrons. The first-order valence-corrected chi connectivity index (χ1v) is 14.4. The second-order valence-corrected chi connectivity index (χ2v) is 11.9. The van der Waals surface area contributed by atoms with Crippen LogP contribution >= 0.6 is 0 Å². The van der Waals surface area contributed by atoms with E-state index in [1.165, 1.54) is 7.11 Å². The van der Waals surface area contributed by atoms with Crippen molar-refractivity contribution in [3.05, 3.63) is 47.7 Å². The van der Waals surface area contributed by atoms with Gasteiger partial charge in [0.2, 0.25) is 5.91 Å². The molecule has 2 aliphatic heterocycles. The highest BCUT2D eigenvalue weighted by Gasteiger charge is 2.37. The van der Waals surface area contributed by atoms with Gasteiger partial charge in [-0.15, -0.1) is 0 Å². The van der Waals surface area contributed by atoms with E-state index in [9.17, 15) is 14.4 Å². The van der Waals surface area contributed by atoms with Crippen molar-refractivity contribution in [1.29, 1.82) is 0 Å². The van der Waals surface area contributed by atoms with Crippen molar-refractivity contribution in [2.75, 3.05) is 26.8 Å². The van der Waals surface area contributed by atoms with E-state index < -0.39 is 17.5 Å². The first-order chi connectivity index (χ1) is 19.5. The van der Waals surface area contributed by atoms with Crippen LogP contribution in [0, 0.1) is 11.3 Å². The van der Waals surface area contributed by atoms with Gasteiger partial charge in [0.05, 0.1) is 23.9 Å². The third-order valence-electron chi connectivity index (χ3n) is 7.65. The number of hydrogen-bond acceptors (Lipinski definition) is 8. The molecule has 6 atom stereocenters. The Hall–Kier alpha value is -3.34. The molecule has 1 aromatic heterocycles. The molecule has 1 fully saturated rings. The third-order valence-corrected chi connectivity index (χ3v) is 7.65. The summed E-state index contributed by atoms with van der Waals surface area (Å²) < 4.78 is 11.2. The average molecular weight is 566 g/mol. The molecule has 4 rings (SSSR count). The summed E-state index contributed by atoms with van der Waals surface area (Å²) in [5, 5.41) is 9.04. The summed E-state index contributed by atoms with van der Waals surface area (Å²) in [6, 6.07) is 8.86. The molecular weight excluding hydrogens is 522 g/mol. The zero-order valence-electron chi connectivity index (χ0n) is 24.9. The first-order valence-electron chi connectivity index (χ1n) is 14.4. The van der Waals surface area contributed by atoms with Crippen LogP contribution in [0.5, 0.6) is 0 Å². The SMILES string of the molecule is COC[C@@]1(C)/C=C/c2ccc3ccc(nc3c2)[C@@H](C)NC(=O)[C@@H]2CCCN(C[C@H](C)NC(=O)[C@H](C(C)C)OC1=O)N2. The minimum atomic E-state index is -1.12. The zero-order chi connectivity index (χ0) is 29.7. The lowest BCUT2D eigenvalue weighted by atomic mass is 9.90. The molecule has 1 unspecified atom stereocenters. The number of fused-ring (bicyclic) bond motifs is 4. The fraction of sp³-hybridized carbons (Fsp3) is 0.548. The number of carbonyl (C=O) groups is 3. The number of carbonyl (C=O) groups excluding carboxylic acids is 3. The Balaban J connectivity index is 1.71. The molecule has 10 nitrogen and oxygen atoms in total. The summed E-state index contributed by atoms with van der Waals surface area (Å²) in [6.07, 6.45) is 4.18. The number of nitrogens with zero attached hydrogens (tertiary/aromatic N) is 2. The molecule has 5 bridgehead atoms. The number of hydrogen-bond donors (Lipinski definition) is 3. The van der Waals surface area contributed by atoms with Gasteiger partial charge in [0, 0.05) is 31.6 Å². The Morgan fingerprint density at radius 2 is 1.88 bits per heavy atom. The molecule has 41 heavy (non-hydrogen) atoms. The molecule has 10 heteroatoms. The van der Waals surface area contributed by atoms with E-state index in [0.29, 0.717) is 13.0 Å². The molecule has 1 saturated heterocycles. The van der Waals surface area contributed by atoms with Crippen LogP contribution in [0.4, 0.5) is 0 Å².